The van der Waals surface area contributed by atoms with Crippen LogP contribution in [0.2, 0.25) is 0 Å². The van der Waals surface area contributed by atoms with Crippen LogP contribution in [0.3, 0.4) is 0 Å². The van der Waals surface area contributed by atoms with Gasteiger partial charge >= 0.3 is 5.97 Å². The first kappa shape index (κ1) is 19.0. The van der Waals surface area contributed by atoms with Crippen molar-refractivity contribution < 1.29 is 18.7 Å². The Hall–Kier alpha value is -2.29. The molecule has 2 atom stereocenters. The minimum Gasteiger partial charge on any atom is -0.467 e. The van der Waals surface area contributed by atoms with Crippen molar-refractivity contribution in [3.05, 3.63) is 18.4 Å². The lowest BCUT2D eigenvalue weighted by Gasteiger charge is -2.21. The number of carbonyl (C=O) groups excluding carboxylic acids is 2. The van der Waals surface area contributed by atoms with Gasteiger partial charge in [-0.2, -0.15) is 0 Å². The van der Waals surface area contributed by atoms with E-state index in [4.69, 9.17) is 9.15 Å². The number of furan rings is 1. The van der Waals surface area contributed by atoms with Crippen LogP contribution in [0, 0.1) is 5.92 Å². The van der Waals surface area contributed by atoms with Gasteiger partial charge in [0.15, 0.2) is 16.7 Å². The van der Waals surface area contributed by atoms with Crippen molar-refractivity contribution in [3.8, 4) is 11.6 Å². The second kappa shape index (κ2) is 8.70. The fourth-order valence-electron chi connectivity index (χ4n) is 2.20. The van der Waals surface area contributed by atoms with Crippen LogP contribution in [-0.2, 0) is 21.4 Å². The van der Waals surface area contributed by atoms with Gasteiger partial charge in [0.2, 0.25) is 5.91 Å². The van der Waals surface area contributed by atoms with Gasteiger partial charge in [0, 0.05) is 7.05 Å². The summed E-state index contributed by atoms with van der Waals surface area (Å²) in [5.74, 6) is 0.596. The fraction of sp³-hybridized carbons (Fsp3) is 0.500. The normalized spacial score (nSPS) is 13.3. The maximum Gasteiger partial charge on any atom is 0.328 e. The molecule has 9 heteroatoms. The third-order valence-corrected chi connectivity index (χ3v) is 4.91. The predicted molar refractivity (Wildman–Crippen MR) is 92.8 cm³/mol. The molecule has 0 spiro atoms. The molecule has 0 aliphatic carbocycles. The second-order valence-corrected chi connectivity index (χ2v) is 6.53. The van der Waals surface area contributed by atoms with Crippen molar-refractivity contribution in [1.82, 2.24) is 20.1 Å². The van der Waals surface area contributed by atoms with Crippen LogP contribution in [0.25, 0.3) is 11.6 Å². The molecule has 2 rings (SSSR count). The average molecular weight is 366 g/mol. The van der Waals surface area contributed by atoms with Gasteiger partial charge < -0.3 is 19.0 Å². The third-order valence-electron chi connectivity index (χ3n) is 3.89. The zero-order chi connectivity index (χ0) is 18.4. The largest absolute Gasteiger partial charge is 0.467 e. The van der Waals surface area contributed by atoms with Gasteiger partial charge in [0.1, 0.15) is 6.04 Å². The molecular formula is C16H22N4O4S. The minimum absolute atomic E-state index is 0.0122. The molecule has 2 heterocycles. The van der Waals surface area contributed by atoms with Crippen molar-refractivity contribution >= 4 is 23.6 Å². The number of esters is 1. The van der Waals surface area contributed by atoms with Crippen LogP contribution in [0.1, 0.15) is 20.3 Å². The lowest BCUT2D eigenvalue weighted by Crippen LogP contribution is -2.46. The fourth-order valence-corrected chi connectivity index (χ4v) is 2.92. The number of carbonyl (C=O) groups is 2. The highest BCUT2D eigenvalue weighted by Crippen LogP contribution is 2.22. The van der Waals surface area contributed by atoms with Crippen LogP contribution in [0.15, 0.2) is 28.0 Å². The number of nitrogens with zero attached hydrogens (tertiary/aromatic N) is 3. The lowest BCUT2D eigenvalue weighted by atomic mass is 9.99. The zero-order valence-corrected chi connectivity index (χ0v) is 15.5. The number of nitrogens with one attached hydrogen (secondary N) is 1. The van der Waals surface area contributed by atoms with Crippen LogP contribution < -0.4 is 5.32 Å². The lowest BCUT2D eigenvalue weighted by molar-refractivity contribution is -0.146. The van der Waals surface area contributed by atoms with Crippen molar-refractivity contribution in [2.45, 2.75) is 31.5 Å². The molecule has 8 nitrogen and oxygen atoms in total. The summed E-state index contributed by atoms with van der Waals surface area (Å²) in [6.45, 7) is 3.85. The number of aromatic nitrogens is 3. The van der Waals surface area contributed by atoms with E-state index >= 15 is 0 Å². The number of methoxy groups -OCH3 is 1. The summed E-state index contributed by atoms with van der Waals surface area (Å²) < 4.78 is 11.8. The molecule has 0 fully saturated rings. The van der Waals surface area contributed by atoms with Crippen molar-refractivity contribution in [3.63, 3.8) is 0 Å². The first-order valence-corrected chi connectivity index (χ1v) is 8.89. The van der Waals surface area contributed by atoms with Gasteiger partial charge in [0.25, 0.3) is 0 Å². The molecule has 0 aliphatic heterocycles. The first-order chi connectivity index (χ1) is 12.0. The highest BCUT2D eigenvalue weighted by atomic mass is 32.2. The Morgan fingerprint density at radius 3 is 2.80 bits per heavy atom. The van der Waals surface area contributed by atoms with E-state index in [1.807, 2.05) is 13.8 Å². The average Bonchev–Trinajstić information content (AvgIpc) is 3.26. The van der Waals surface area contributed by atoms with Gasteiger partial charge in [-0.15, -0.1) is 10.2 Å². The number of amides is 1. The molecule has 2 unspecified atom stereocenters. The van der Waals surface area contributed by atoms with Gasteiger partial charge in [-0.05, 0) is 18.1 Å². The smallest absolute Gasteiger partial charge is 0.328 e. The number of hydrogen-bond donors (Lipinski definition) is 1. The molecule has 0 saturated carbocycles. The van der Waals surface area contributed by atoms with Crippen LogP contribution in [-0.4, -0.2) is 45.5 Å². The van der Waals surface area contributed by atoms with Crippen LogP contribution in [0.4, 0.5) is 0 Å². The molecule has 136 valence electrons. The molecule has 0 aromatic carbocycles. The maximum absolute atomic E-state index is 12.2. The van der Waals surface area contributed by atoms with Crippen molar-refractivity contribution in [2.75, 3.05) is 12.9 Å². The number of rotatable bonds is 8. The van der Waals surface area contributed by atoms with E-state index < -0.39 is 12.0 Å². The Morgan fingerprint density at radius 2 is 2.20 bits per heavy atom. The molecule has 0 bridgehead atoms. The third kappa shape index (κ3) is 4.62. The molecule has 1 N–H and O–H groups in total. The molecule has 2 aromatic heterocycles. The summed E-state index contributed by atoms with van der Waals surface area (Å²) in [5, 5.41) is 11.5. The van der Waals surface area contributed by atoms with Gasteiger partial charge in [-0.25, -0.2) is 4.79 Å². The van der Waals surface area contributed by atoms with E-state index in [1.165, 1.54) is 18.9 Å². The number of thioether (sulfide) groups is 1. The van der Waals surface area contributed by atoms with Gasteiger partial charge in [-0.1, -0.05) is 32.0 Å². The van der Waals surface area contributed by atoms with E-state index in [0.717, 1.165) is 6.42 Å². The topological polar surface area (TPSA) is 99.3 Å². The van der Waals surface area contributed by atoms with E-state index in [9.17, 15) is 9.59 Å². The quantitative estimate of drug-likeness (QED) is 0.562. The summed E-state index contributed by atoms with van der Waals surface area (Å²) in [6.07, 6.45) is 2.31. The van der Waals surface area contributed by atoms with E-state index in [0.29, 0.717) is 16.7 Å². The SMILES string of the molecule is CCC(C)C(NC(=O)CSc1nnc(-c2ccco2)n1C)C(=O)OC. The Balaban J connectivity index is 1.97. The summed E-state index contributed by atoms with van der Waals surface area (Å²) >= 11 is 1.24. The standard InChI is InChI=1S/C16H22N4O4S/c1-5-10(2)13(15(22)23-4)17-12(21)9-25-16-19-18-14(20(16)3)11-7-6-8-24-11/h6-8,10,13H,5,9H2,1-4H3,(H,17,21). The van der Waals surface area contributed by atoms with Crippen LogP contribution in [0.5, 0.6) is 0 Å². The summed E-state index contributed by atoms with van der Waals surface area (Å²) in [5.41, 5.74) is 0. The molecule has 2 aromatic rings. The molecule has 1 amide bonds. The minimum atomic E-state index is -0.652. The Kier molecular flexibility index (Phi) is 6.63. The number of ether oxygens (including phenoxy) is 1. The molecule has 0 radical (unpaired) electrons. The Labute approximate surface area is 150 Å². The highest BCUT2D eigenvalue weighted by Gasteiger charge is 2.26. The Bertz CT molecular complexity index is 714. The van der Waals surface area contributed by atoms with Gasteiger partial charge in [-0.3, -0.25) is 4.79 Å². The second-order valence-electron chi connectivity index (χ2n) is 5.59. The van der Waals surface area contributed by atoms with E-state index in [2.05, 4.69) is 15.5 Å². The molecule has 0 saturated heterocycles. The molecule has 0 aliphatic rings. The summed E-state index contributed by atoms with van der Waals surface area (Å²) in [7, 11) is 3.11. The summed E-state index contributed by atoms with van der Waals surface area (Å²) in [6, 6.07) is 2.91. The van der Waals surface area contributed by atoms with E-state index in [-0.39, 0.29) is 17.6 Å². The Morgan fingerprint density at radius 1 is 1.44 bits per heavy atom. The summed E-state index contributed by atoms with van der Waals surface area (Å²) in [4.78, 5) is 24.0. The molecular weight excluding hydrogens is 344 g/mol. The van der Waals surface area contributed by atoms with Crippen molar-refractivity contribution in [1.29, 1.82) is 0 Å². The monoisotopic (exact) mass is 366 g/mol. The molecule has 25 heavy (non-hydrogen) atoms. The first-order valence-electron chi connectivity index (χ1n) is 7.91. The highest BCUT2D eigenvalue weighted by molar-refractivity contribution is 7.99. The van der Waals surface area contributed by atoms with Crippen LogP contribution >= 0.6 is 11.8 Å². The van der Waals surface area contributed by atoms with Gasteiger partial charge in [0.05, 0.1) is 19.1 Å². The predicted octanol–water partition coefficient (Wildman–Crippen LogP) is 1.87. The zero-order valence-electron chi connectivity index (χ0n) is 14.7. The maximum atomic E-state index is 12.2. The number of hydrogen-bond acceptors (Lipinski definition) is 7. The van der Waals surface area contributed by atoms with E-state index in [1.54, 1.807) is 30.0 Å². The van der Waals surface area contributed by atoms with Crippen molar-refractivity contribution in [2.24, 2.45) is 13.0 Å².